The lowest BCUT2D eigenvalue weighted by Crippen LogP contribution is -2.40. The molecule has 7 nitrogen and oxygen atoms in total. The number of hydrogen-bond acceptors (Lipinski definition) is 5. The van der Waals surface area contributed by atoms with E-state index in [1.165, 1.54) is 7.11 Å². The quantitative estimate of drug-likeness (QED) is 0.303. The van der Waals surface area contributed by atoms with Gasteiger partial charge in [0.25, 0.3) is 0 Å². The van der Waals surface area contributed by atoms with Crippen molar-refractivity contribution in [3.05, 3.63) is 23.8 Å². The maximum absolute atomic E-state index is 11.9. The van der Waals surface area contributed by atoms with Crippen LogP contribution in [0.3, 0.4) is 0 Å². The molecule has 0 spiro atoms. The van der Waals surface area contributed by atoms with Crippen molar-refractivity contribution in [3.63, 3.8) is 0 Å². The highest BCUT2D eigenvalue weighted by molar-refractivity contribution is 14.0. The van der Waals surface area contributed by atoms with Gasteiger partial charge in [-0.3, -0.25) is 9.79 Å². The topological polar surface area (TPSA) is 72.4 Å². The van der Waals surface area contributed by atoms with E-state index in [9.17, 15) is 4.79 Å². The number of nitrogens with zero attached hydrogens (tertiary/aromatic N) is 2. The van der Waals surface area contributed by atoms with Gasteiger partial charge in [-0.25, -0.2) is 0 Å². The molecule has 1 aliphatic heterocycles. The molecule has 2 unspecified atom stereocenters. The number of nitrogens with one attached hydrogen (secondary N) is 1. The van der Waals surface area contributed by atoms with Gasteiger partial charge in [0, 0.05) is 26.7 Å². The van der Waals surface area contributed by atoms with Crippen LogP contribution in [0, 0.1) is 11.8 Å². The molecule has 26 heavy (non-hydrogen) atoms. The van der Waals surface area contributed by atoms with E-state index in [0.717, 1.165) is 18.1 Å². The average molecular weight is 477 g/mol. The van der Waals surface area contributed by atoms with Crippen LogP contribution in [0.25, 0.3) is 0 Å². The monoisotopic (exact) mass is 477 g/mol. The number of halogens is 1. The van der Waals surface area contributed by atoms with Crippen LogP contribution in [-0.4, -0.2) is 58.3 Å². The molecule has 0 radical (unpaired) electrons. The Labute approximate surface area is 172 Å². The lowest BCUT2D eigenvalue weighted by atomic mass is 9.99. The summed E-state index contributed by atoms with van der Waals surface area (Å²) < 4.78 is 15.5. The zero-order chi connectivity index (χ0) is 18.4. The zero-order valence-electron chi connectivity index (χ0n) is 15.9. The van der Waals surface area contributed by atoms with Gasteiger partial charge < -0.3 is 24.4 Å². The Morgan fingerprint density at radius 1 is 1.23 bits per heavy atom. The number of hydrogen-bond donors (Lipinski definition) is 1. The summed E-state index contributed by atoms with van der Waals surface area (Å²) in [5.41, 5.74) is 1.05. The van der Waals surface area contributed by atoms with E-state index in [4.69, 9.17) is 14.2 Å². The Morgan fingerprint density at radius 2 is 1.92 bits per heavy atom. The van der Waals surface area contributed by atoms with Crippen molar-refractivity contribution >= 4 is 35.9 Å². The van der Waals surface area contributed by atoms with E-state index >= 15 is 0 Å². The van der Waals surface area contributed by atoms with E-state index in [-0.39, 0.29) is 41.8 Å². The maximum Gasteiger partial charge on any atom is 0.310 e. The van der Waals surface area contributed by atoms with Crippen molar-refractivity contribution in [3.8, 4) is 11.5 Å². The van der Waals surface area contributed by atoms with Crippen LogP contribution in [0.2, 0.25) is 0 Å². The molecule has 0 bridgehead atoms. The third-order valence-corrected chi connectivity index (χ3v) is 4.53. The Kier molecular flexibility index (Phi) is 8.97. The van der Waals surface area contributed by atoms with Gasteiger partial charge in [-0.2, -0.15) is 0 Å². The van der Waals surface area contributed by atoms with Crippen molar-refractivity contribution in [2.24, 2.45) is 16.8 Å². The van der Waals surface area contributed by atoms with Gasteiger partial charge in [-0.1, -0.05) is 13.0 Å². The minimum absolute atomic E-state index is 0. The lowest BCUT2D eigenvalue weighted by Gasteiger charge is -2.21. The highest BCUT2D eigenvalue weighted by Crippen LogP contribution is 2.28. The first-order valence-electron chi connectivity index (χ1n) is 8.28. The number of likely N-dealkylation sites (tertiary alicyclic amines) is 1. The molecular weight excluding hydrogens is 449 g/mol. The van der Waals surface area contributed by atoms with Crippen LogP contribution < -0.4 is 14.8 Å². The summed E-state index contributed by atoms with van der Waals surface area (Å²) in [6.07, 6.45) is 0. The Bertz CT molecular complexity index is 639. The standard InChI is InChI=1S/C18H27N3O4.HI/c1-12-10-21(11-14(12)17(22)25-5)18(19-2)20-9-13-6-7-15(23-3)16(8-13)24-4;/h6-8,12,14H,9-11H2,1-5H3,(H,19,20);1H. The van der Waals surface area contributed by atoms with Crippen molar-refractivity contribution in [2.45, 2.75) is 13.5 Å². The van der Waals surface area contributed by atoms with E-state index in [0.29, 0.717) is 24.6 Å². The second-order valence-corrected chi connectivity index (χ2v) is 6.10. The number of guanidine groups is 1. The van der Waals surface area contributed by atoms with Gasteiger partial charge in [-0.15, -0.1) is 24.0 Å². The molecule has 146 valence electrons. The molecule has 1 fully saturated rings. The summed E-state index contributed by atoms with van der Waals surface area (Å²) in [7, 11) is 6.41. The third-order valence-electron chi connectivity index (χ3n) is 4.53. The molecule has 0 saturated carbocycles. The van der Waals surface area contributed by atoms with E-state index < -0.39 is 0 Å². The predicted octanol–water partition coefficient (Wildman–Crippen LogP) is 2.14. The number of esters is 1. The van der Waals surface area contributed by atoms with Gasteiger partial charge in [-0.05, 0) is 23.6 Å². The first-order chi connectivity index (χ1) is 12.0. The van der Waals surface area contributed by atoms with Crippen molar-refractivity contribution < 1.29 is 19.0 Å². The van der Waals surface area contributed by atoms with Crippen molar-refractivity contribution in [1.29, 1.82) is 0 Å². The zero-order valence-corrected chi connectivity index (χ0v) is 18.3. The number of benzene rings is 1. The predicted molar refractivity (Wildman–Crippen MR) is 111 cm³/mol. The Hall–Kier alpha value is -1.71. The fourth-order valence-electron chi connectivity index (χ4n) is 3.10. The minimum atomic E-state index is -0.162. The molecule has 1 heterocycles. The second kappa shape index (κ2) is 10.4. The maximum atomic E-state index is 11.9. The smallest absolute Gasteiger partial charge is 0.310 e. The number of methoxy groups -OCH3 is 3. The van der Waals surface area contributed by atoms with Crippen LogP contribution in [0.15, 0.2) is 23.2 Å². The molecule has 1 aliphatic rings. The molecule has 1 aromatic carbocycles. The van der Waals surface area contributed by atoms with Gasteiger partial charge in [0.1, 0.15) is 0 Å². The lowest BCUT2D eigenvalue weighted by molar-refractivity contribution is -0.145. The van der Waals surface area contributed by atoms with Crippen LogP contribution in [0.1, 0.15) is 12.5 Å². The van der Waals surface area contributed by atoms with Gasteiger partial charge in [0.15, 0.2) is 17.5 Å². The second-order valence-electron chi connectivity index (χ2n) is 6.10. The van der Waals surface area contributed by atoms with Gasteiger partial charge in [0.05, 0.1) is 27.2 Å². The van der Waals surface area contributed by atoms with Gasteiger partial charge in [0.2, 0.25) is 0 Å². The van der Waals surface area contributed by atoms with E-state index in [1.54, 1.807) is 21.3 Å². The highest BCUT2D eigenvalue weighted by atomic mass is 127. The molecular formula is C18H28IN3O4. The molecule has 0 aliphatic carbocycles. The SMILES string of the molecule is CN=C(NCc1ccc(OC)c(OC)c1)N1CC(C)C(C(=O)OC)C1.I. The van der Waals surface area contributed by atoms with E-state index in [2.05, 4.69) is 22.1 Å². The van der Waals surface area contributed by atoms with Crippen LogP contribution in [0.5, 0.6) is 11.5 Å². The summed E-state index contributed by atoms with van der Waals surface area (Å²) >= 11 is 0. The third kappa shape index (κ3) is 5.15. The Balaban J connectivity index is 0.00000338. The number of carbonyl (C=O) groups excluding carboxylic acids is 1. The molecule has 2 rings (SSSR count). The summed E-state index contributed by atoms with van der Waals surface area (Å²) in [5.74, 6) is 2.11. The average Bonchev–Trinajstić information content (AvgIpc) is 3.02. The van der Waals surface area contributed by atoms with Gasteiger partial charge >= 0.3 is 5.97 Å². The first kappa shape index (κ1) is 22.3. The van der Waals surface area contributed by atoms with Crippen LogP contribution in [0.4, 0.5) is 0 Å². The van der Waals surface area contributed by atoms with E-state index in [1.807, 2.05) is 18.2 Å². The fraction of sp³-hybridized carbons (Fsp3) is 0.556. The van der Waals surface area contributed by atoms with Crippen LogP contribution >= 0.6 is 24.0 Å². The molecule has 0 amide bonds. The normalized spacial score (nSPS) is 19.6. The fourth-order valence-corrected chi connectivity index (χ4v) is 3.10. The van der Waals surface area contributed by atoms with Crippen molar-refractivity contribution in [2.75, 3.05) is 41.5 Å². The minimum Gasteiger partial charge on any atom is -0.493 e. The van der Waals surface area contributed by atoms with Crippen molar-refractivity contribution in [1.82, 2.24) is 10.2 Å². The largest absolute Gasteiger partial charge is 0.493 e. The number of rotatable bonds is 5. The molecule has 8 heteroatoms. The number of ether oxygens (including phenoxy) is 3. The molecule has 1 N–H and O–H groups in total. The summed E-state index contributed by atoms with van der Waals surface area (Å²) in [6, 6.07) is 5.79. The summed E-state index contributed by atoms with van der Waals surface area (Å²) in [4.78, 5) is 18.3. The molecule has 1 saturated heterocycles. The van der Waals surface area contributed by atoms with Crippen LogP contribution in [-0.2, 0) is 16.1 Å². The highest BCUT2D eigenvalue weighted by Gasteiger charge is 2.36. The summed E-state index contributed by atoms with van der Waals surface area (Å²) in [6.45, 7) is 4.04. The summed E-state index contributed by atoms with van der Waals surface area (Å²) in [5, 5.41) is 3.34. The molecule has 1 aromatic rings. The Morgan fingerprint density at radius 3 is 2.50 bits per heavy atom. The molecule has 0 aromatic heterocycles. The number of carbonyl (C=O) groups is 1. The number of aliphatic imine (C=N–C) groups is 1. The molecule has 2 atom stereocenters. The first-order valence-corrected chi connectivity index (χ1v) is 8.28.